The van der Waals surface area contributed by atoms with Crippen molar-refractivity contribution in [1.82, 2.24) is 0 Å². The van der Waals surface area contributed by atoms with Gasteiger partial charge < -0.3 is 0 Å². The molecule has 0 heterocycles. The molecule has 0 nitrogen and oxygen atoms in total. The number of benzene rings is 4. The van der Waals surface area contributed by atoms with Crippen LogP contribution in [0.4, 0.5) is 0 Å². The minimum absolute atomic E-state index is 0.555. The molecule has 2 heteroatoms. The summed E-state index contributed by atoms with van der Waals surface area (Å²) < 4.78 is 2.33. The van der Waals surface area contributed by atoms with Crippen molar-refractivity contribution in [2.24, 2.45) is 0 Å². The predicted octanol–water partition coefficient (Wildman–Crippen LogP) is 7.26. The number of hydrogen-bond donors (Lipinski definition) is 0. The topological polar surface area (TPSA) is 0 Å². The maximum atomic E-state index is 2.52. The fraction of sp³-hybridized carbons (Fsp3) is 0.176. The van der Waals surface area contributed by atoms with Gasteiger partial charge in [0.25, 0.3) is 0 Å². The van der Waals surface area contributed by atoms with Gasteiger partial charge in [0, 0.05) is 0 Å². The zero-order valence-corrected chi connectivity index (χ0v) is 25.1. The van der Waals surface area contributed by atoms with E-state index in [9.17, 15) is 0 Å². The first kappa shape index (κ1) is 23.8. The van der Waals surface area contributed by atoms with Crippen molar-refractivity contribution in [2.45, 2.75) is 37.7 Å². The number of aryl methyl sites for hydroxylation is 4. The molecule has 0 aromatic heterocycles. The third kappa shape index (κ3) is 4.29. The van der Waals surface area contributed by atoms with E-state index in [1.54, 1.807) is 24.8 Å². The maximum absolute atomic E-state index is 2.52. The van der Waals surface area contributed by atoms with Crippen molar-refractivity contribution < 1.29 is 20.4 Å². The summed E-state index contributed by atoms with van der Waals surface area (Å²) in [5, 5.41) is 3.18. The molecule has 4 aromatic carbocycles. The average molecular weight is 560 g/mol. The Labute approximate surface area is 223 Å². The van der Waals surface area contributed by atoms with E-state index in [1.807, 2.05) is 0 Å². The van der Waals surface area contributed by atoms with E-state index in [-0.39, 0.29) is 0 Å². The summed E-state index contributed by atoms with van der Waals surface area (Å²) in [6, 6.07) is 33.6. The van der Waals surface area contributed by atoms with Gasteiger partial charge in [0.15, 0.2) is 0 Å². The first-order valence-electron chi connectivity index (χ1n) is 13.0. The number of allylic oxidation sites excluding steroid dienone is 4. The minimum atomic E-state index is -2.38. The Balaban J connectivity index is 1.73. The fourth-order valence-electron chi connectivity index (χ4n) is 5.87. The van der Waals surface area contributed by atoms with Crippen molar-refractivity contribution in [3.05, 3.63) is 140 Å². The van der Waals surface area contributed by atoms with Gasteiger partial charge in [0.05, 0.1) is 0 Å². The van der Waals surface area contributed by atoms with Gasteiger partial charge in [-0.2, -0.15) is 0 Å². The molecule has 0 saturated carbocycles. The van der Waals surface area contributed by atoms with Gasteiger partial charge in [0.1, 0.15) is 0 Å². The molecule has 36 heavy (non-hydrogen) atoms. The summed E-state index contributed by atoms with van der Waals surface area (Å²) in [5.74, 6) is 0. The molecular weight excluding hydrogens is 528 g/mol. The van der Waals surface area contributed by atoms with Crippen LogP contribution in [0.15, 0.2) is 106 Å². The second-order valence-corrected chi connectivity index (χ2v) is 24.3. The quantitative estimate of drug-likeness (QED) is 0.231. The van der Waals surface area contributed by atoms with Crippen LogP contribution in [0, 0.1) is 27.7 Å². The summed E-state index contributed by atoms with van der Waals surface area (Å²) in [5.41, 5.74) is 10.6. The molecule has 0 saturated heterocycles. The Hall–Kier alpha value is -2.54. The van der Waals surface area contributed by atoms with E-state index < -0.39 is 25.8 Å². The molecule has 0 spiro atoms. The van der Waals surface area contributed by atoms with Gasteiger partial charge in [-0.25, -0.2) is 0 Å². The number of fused-ring (bicyclic) bond motifs is 3. The van der Waals surface area contributed by atoms with Gasteiger partial charge >= 0.3 is 225 Å². The Morgan fingerprint density at radius 2 is 1.08 bits per heavy atom. The summed E-state index contributed by atoms with van der Waals surface area (Å²) in [6.45, 7) is 8.94. The SMILES string of the molecule is Cc1ccc([Si](c2ccc(C)cc2)=[Zr]([C]2=CC=CC2)[CH]2c3cc(C)ccc3-c3ccc(C)cc32)cc1. The van der Waals surface area contributed by atoms with Crippen LogP contribution in [-0.4, -0.2) is 5.43 Å². The molecule has 2 aliphatic rings. The van der Waals surface area contributed by atoms with Crippen LogP contribution in [-0.2, 0) is 20.4 Å². The van der Waals surface area contributed by atoms with Crippen LogP contribution in [0.2, 0.25) is 0 Å². The summed E-state index contributed by atoms with van der Waals surface area (Å²) in [4.78, 5) is 0. The van der Waals surface area contributed by atoms with Gasteiger partial charge in [-0.3, -0.25) is 0 Å². The van der Waals surface area contributed by atoms with Crippen molar-refractivity contribution in [1.29, 1.82) is 0 Å². The first-order chi connectivity index (χ1) is 17.5. The average Bonchev–Trinajstić information content (AvgIpc) is 3.50. The summed E-state index contributed by atoms with van der Waals surface area (Å²) in [7, 11) is 0. The zero-order valence-electron chi connectivity index (χ0n) is 21.6. The Morgan fingerprint density at radius 1 is 0.611 bits per heavy atom. The van der Waals surface area contributed by atoms with Crippen molar-refractivity contribution in [2.75, 3.05) is 0 Å². The molecule has 6 rings (SSSR count). The molecule has 0 fully saturated rings. The van der Waals surface area contributed by atoms with Gasteiger partial charge in [-0.1, -0.05) is 0 Å². The molecule has 0 bridgehead atoms. The third-order valence-corrected chi connectivity index (χ3v) is 27.4. The summed E-state index contributed by atoms with van der Waals surface area (Å²) in [6.07, 6.45) is 8.36. The molecule has 0 amide bonds. The Kier molecular flexibility index (Phi) is 6.44. The number of rotatable bonds is 4. The van der Waals surface area contributed by atoms with Crippen LogP contribution < -0.4 is 10.4 Å². The standard InChI is InChI=1S/C15H13.C14H14Si.C5H5.Zr/c1-10-3-5-14-12(7-10)9-13-8-11(2)4-6-15(13)14;1-11-3-7-13(8-4-11)15-14-9-5-12(2)6-10-14;1-2-4-5-3-1;/h3-9H,1-2H3;3-10H,1-2H3;1-3H,4H2;. The van der Waals surface area contributed by atoms with Crippen LogP contribution >= 0.6 is 0 Å². The molecule has 176 valence electrons. The first-order valence-corrected chi connectivity index (χ1v) is 20.8. The van der Waals surface area contributed by atoms with Gasteiger partial charge in [-0.05, 0) is 0 Å². The summed E-state index contributed by atoms with van der Waals surface area (Å²) >= 11 is -2.38. The molecular formula is C34H32SiZr. The molecule has 0 unspecified atom stereocenters. The second-order valence-electron chi connectivity index (χ2n) is 10.5. The molecule has 0 N–H and O–H groups in total. The van der Waals surface area contributed by atoms with Crippen LogP contribution in [0.5, 0.6) is 0 Å². The molecule has 0 atom stereocenters. The van der Waals surface area contributed by atoms with Crippen LogP contribution in [0.25, 0.3) is 11.1 Å². The second kappa shape index (κ2) is 9.73. The molecule has 2 aliphatic carbocycles. The van der Waals surface area contributed by atoms with Crippen molar-refractivity contribution >= 4 is 15.8 Å². The van der Waals surface area contributed by atoms with Gasteiger partial charge in [-0.15, -0.1) is 0 Å². The van der Waals surface area contributed by atoms with E-state index in [0.29, 0.717) is 3.63 Å². The molecule has 4 aromatic rings. The normalized spacial score (nSPS) is 13.9. The molecule has 0 radical (unpaired) electrons. The fourth-order valence-corrected chi connectivity index (χ4v) is 28.0. The van der Waals surface area contributed by atoms with E-state index in [1.165, 1.54) is 33.4 Å². The van der Waals surface area contributed by atoms with Crippen LogP contribution in [0.3, 0.4) is 0 Å². The van der Waals surface area contributed by atoms with Crippen LogP contribution in [0.1, 0.15) is 43.4 Å². The van der Waals surface area contributed by atoms with E-state index in [0.717, 1.165) is 6.42 Å². The molecule has 0 aliphatic heterocycles. The van der Waals surface area contributed by atoms with Crippen molar-refractivity contribution in [3.63, 3.8) is 0 Å². The third-order valence-electron chi connectivity index (χ3n) is 7.68. The van der Waals surface area contributed by atoms with Crippen molar-refractivity contribution in [3.8, 4) is 11.1 Å². The van der Waals surface area contributed by atoms with E-state index in [2.05, 4.69) is 131 Å². The predicted molar refractivity (Wildman–Crippen MR) is 152 cm³/mol. The monoisotopic (exact) mass is 558 g/mol. The Bertz CT molecular complexity index is 1470. The van der Waals surface area contributed by atoms with Gasteiger partial charge in [0.2, 0.25) is 0 Å². The number of hydrogen-bond acceptors (Lipinski definition) is 0. The van der Waals surface area contributed by atoms with E-state index >= 15 is 0 Å². The Morgan fingerprint density at radius 3 is 1.53 bits per heavy atom. The van der Waals surface area contributed by atoms with E-state index in [4.69, 9.17) is 0 Å². The zero-order chi connectivity index (χ0) is 24.8.